The number of benzene rings is 1. The van der Waals surface area contributed by atoms with E-state index in [9.17, 15) is 18.0 Å². The fourth-order valence-electron chi connectivity index (χ4n) is 1.32. The highest BCUT2D eigenvalue weighted by Crippen LogP contribution is 2.29. The van der Waals surface area contributed by atoms with Gasteiger partial charge in [-0.2, -0.15) is 18.3 Å². The highest BCUT2D eigenvalue weighted by molar-refractivity contribution is 6.02. The van der Waals surface area contributed by atoms with Gasteiger partial charge in [-0.05, 0) is 30.3 Å². The van der Waals surface area contributed by atoms with Gasteiger partial charge in [-0.3, -0.25) is 9.89 Å². The summed E-state index contributed by atoms with van der Waals surface area (Å²) in [4.78, 5) is 11.5. The summed E-state index contributed by atoms with van der Waals surface area (Å²) in [5.41, 5.74) is -0.328. The zero-order chi connectivity index (χ0) is 13.2. The van der Waals surface area contributed by atoms with Crippen LogP contribution in [0.2, 0.25) is 0 Å². The van der Waals surface area contributed by atoms with E-state index in [0.29, 0.717) is 0 Å². The maximum atomic E-state index is 12.3. The van der Waals surface area contributed by atoms with Gasteiger partial charge in [0.05, 0.1) is 5.56 Å². The summed E-state index contributed by atoms with van der Waals surface area (Å²) in [6.45, 7) is 0. The van der Waals surface area contributed by atoms with Gasteiger partial charge in [-0.1, -0.05) is 0 Å². The molecule has 1 aromatic carbocycles. The number of hydrogen-bond acceptors (Lipinski definition) is 2. The van der Waals surface area contributed by atoms with Crippen molar-refractivity contribution in [1.82, 2.24) is 10.2 Å². The van der Waals surface area contributed by atoms with Gasteiger partial charge in [0.25, 0.3) is 5.91 Å². The molecule has 0 saturated carbocycles. The lowest BCUT2D eigenvalue weighted by atomic mass is 10.2. The monoisotopic (exact) mass is 255 g/mol. The number of carbonyl (C=O) groups is 1. The number of aromatic nitrogens is 2. The third-order valence-corrected chi connectivity index (χ3v) is 2.20. The van der Waals surface area contributed by atoms with Gasteiger partial charge in [-0.15, -0.1) is 0 Å². The van der Waals surface area contributed by atoms with Crippen molar-refractivity contribution < 1.29 is 18.0 Å². The van der Waals surface area contributed by atoms with Crippen LogP contribution >= 0.6 is 0 Å². The van der Waals surface area contributed by atoms with Gasteiger partial charge in [0.2, 0.25) is 0 Å². The van der Waals surface area contributed by atoms with Gasteiger partial charge in [0, 0.05) is 11.9 Å². The van der Waals surface area contributed by atoms with E-state index in [-0.39, 0.29) is 11.4 Å². The molecule has 7 heteroatoms. The molecule has 0 fully saturated rings. The summed E-state index contributed by atoms with van der Waals surface area (Å²) in [5, 5.41) is 8.55. The predicted molar refractivity (Wildman–Crippen MR) is 58.0 cm³/mol. The van der Waals surface area contributed by atoms with Crippen LogP contribution in [-0.2, 0) is 6.18 Å². The van der Waals surface area contributed by atoms with Crippen LogP contribution in [0.5, 0.6) is 0 Å². The Bertz CT molecular complexity index is 532. The molecule has 2 N–H and O–H groups in total. The van der Waals surface area contributed by atoms with E-state index < -0.39 is 17.6 Å². The average molecular weight is 255 g/mol. The molecular formula is C11H8F3N3O. The lowest BCUT2D eigenvalue weighted by Crippen LogP contribution is -2.12. The lowest BCUT2D eigenvalue weighted by Gasteiger charge is -2.08. The maximum absolute atomic E-state index is 12.3. The van der Waals surface area contributed by atoms with Crippen LogP contribution in [-0.4, -0.2) is 16.1 Å². The third kappa shape index (κ3) is 2.68. The minimum Gasteiger partial charge on any atom is -0.321 e. The zero-order valence-electron chi connectivity index (χ0n) is 8.95. The van der Waals surface area contributed by atoms with Crippen LogP contribution in [0.3, 0.4) is 0 Å². The molecule has 2 aromatic rings. The lowest BCUT2D eigenvalue weighted by molar-refractivity contribution is -0.137. The molecule has 1 aromatic heterocycles. The number of nitrogens with zero attached hydrogens (tertiary/aromatic N) is 1. The minimum atomic E-state index is -4.38. The van der Waals surface area contributed by atoms with Crippen molar-refractivity contribution in [3.8, 4) is 0 Å². The summed E-state index contributed by atoms with van der Waals surface area (Å²) in [5.74, 6) is -0.490. The molecule has 1 amide bonds. The van der Waals surface area contributed by atoms with E-state index in [1.54, 1.807) is 0 Å². The number of halogens is 3. The van der Waals surface area contributed by atoms with Crippen molar-refractivity contribution in [2.24, 2.45) is 0 Å². The Balaban J connectivity index is 2.09. The van der Waals surface area contributed by atoms with Crippen molar-refractivity contribution in [2.75, 3.05) is 5.32 Å². The second-order valence-corrected chi connectivity index (χ2v) is 3.49. The van der Waals surface area contributed by atoms with Crippen LogP contribution in [0.25, 0.3) is 0 Å². The first-order valence-electron chi connectivity index (χ1n) is 4.95. The molecule has 0 atom stereocenters. The first kappa shape index (κ1) is 12.2. The molecule has 0 bridgehead atoms. The highest BCUT2D eigenvalue weighted by atomic mass is 19.4. The van der Waals surface area contributed by atoms with E-state index in [4.69, 9.17) is 0 Å². The molecule has 0 radical (unpaired) electrons. The Morgan fingerprint density at radius 1 is 1.17 bits per heavy atom. The summed E-state index contributed by atoms with van der Waals surface area (Å²) in [6, 6.07) is 5.64. The van der Waals surface area contributed by atoms with Crippen LogP contribution in [0, 0.1) is 0 Å². The van der Waals surface area contributed by atoms with Crippen molar-refractivity contribution >= 4 is 11.6 Å². The van der Waals surface area contributed by atoms with Crippen LogP contribution in [0.1, 0.15) is 16.1 Å². The van der Waals surface area contributed by atoms with Gasteiger partial charge < -0.3 is 5.32 Å². The predicted octanol–water partition coefficient (Wildman–Crippen LogP) is 2.68. The zero-order valence-corrected chi connectivity index (χ0v) is 8.95. The summed E-state index contributed by atoms with van der Waals surface area (Å²) in [7, 11) is 0. The number of hydrogen-bond donors (Lipinski definition) is 2. The molecule has 0 aliphatic rings. The fraction of sp³-hybridized carbons (Fsp3) is 0.0909. The van der Waals surface area contributed by atoms with Crippen molar-refractivity contribution in [1.29, 1.82) is 0 Å². The number of alkyl halides is 3. The Morgan fingerprint density at radius 3 is 2.33 bits per heavy atom. The number of carbonyl (C=O) groups excluding carboxylic acids is 1. The molecule has 0 saturated heterocycles. The smallest absolute Gasteiger partial charge is 0.321 e. The van der Waals surface area contributed by atoms with E-state index in [0.717, 1.165) is 12.1 Å². The number of anilines is 1. The largest absolute Gasteiger partial charge is 0.416 e. The van der Waals surface area contributed by atoms with E-state index in [2.05, 4.69) is 15.5 Å². The SMILES string of the molecule is O=C(Nc1ccc(C(F)(F)F)cc1)c1cc[nH]n1. The molecule has 0 aliphatic heterocycles. The summed E-state index contributed by atoms with van der Waals surface area (Å²) in [6.07, 6.45) is -2.91. The topological polar surface area (TPSA) is 57.8 Å². The number of amides is 1. The summed E-state index contributed by atoms with van der Waals surface area (Å²) >= 11 is 0. The standard InChI is InChI=1S/C11H8F3N3O/c12-11(13,14)7-1-3-8(4-2-7)16-10(18)9-5-6-15-17-9/h1-6H,(H,15,17)(H,16,18). The Labute approximate surface area is 99.8 Å². The second-order valence-electron chi connectivity index (χ2n) is 3.49. The molecule has 2 rings (SSSR count). The van der Waals surface area contributed by atoms with Crippen molar-refractivity contribution in [3.05, 3.63) is 47.8 Å². The number of rotatable bonds is 2. The van der Waals surface area contributed by atoms with Gasteiger partial charge in [0.15, 0.2) is 0 Å². The molecular weight excluding hydrogens is 247 g/mol. The highest BCUT2D eigenvalue weighted by Gasteiger charge is 2.29. The van der Waals surface area contributed by atoms with Crippen molar-refractivity contribution in [3.63, 3.8) is 0 Å². The Hall–Kier alpha value is -2.31. The summed E-state index contributed by atoms with van der Waals surface area (Å²) < 4.78 is 36.9. The van der Waals surface area contributed by atoms with Crippen LogP contribution in [0.15, 0.2) is 36.5 Å². The number of aromatic amines is 1. The van der Waals surface area contributed by atoms with E-state index in [1.807, 2.05) is 0 Å². The molecule has 94 valence electrons. The first-order chi connectivity index (χ1) is 8.47. The molecule has 0 unspecified atom stereocenters. The number of nitrogens with one attached hydrogen (secondary N) is 2. The van der Waals surface area contributed by atoms with E-state index in [1.165, 1.54) is 24.4 Å². The van der Waals surface area contributed by atoms with E-state index >= 15 is 0 Å². The first-order valence-corrected chi connectivity index (χ1v) is 4.95. The normalized spacial score (nSPS) is 11.3. The van der Waals surface area contributed by atoms with Crippen LogP contribution < -0.4 is 5.32 Å². The molecule has 0 aliphatic carbocycles. The molecule has 0 spiro atoms. The third-order valence-electron chi connectivity index (χ3n) is 2.20. The quantitative estimate of drug-likeness (QED) is 0.866. The van der Waals surface area contributed by atoms with Gasteiger partial charge in [-0.25, -0.2) is 0 Å². The second kappa shape index (κ2) is 4.52. The average Bonchev–Trinajstić information content (AvgIpc) is 2.82. The van der Waals surface area contributed by atoms with Crippen molar-refractivity contribution in [2.45, 2.75) is 6.18 Å². The minimum absolute atomic E-state index is 0.162. The maximum Gasteiger partial charge on any atom is 0.416 e. The Kier molecular flexibility index (Phi) is 3.05. The number of H-pyrrole nitrogens is 1. The van der Waals surface area contributed by atoms with Gasteiger partial charge >= 0.3 is 6.18 Å². The molecule has 18 heavy (non-hydrogen) atoms. The molecule has 4 nitrogen and oxygen atoms in total. The van der Waals surface area contributed by atoms with Gasteiger partial charge in [0.1, 0.15) is 5.69 Å². The fourth-order valence-corrected chi connectivity index (χ4v) is 1.32. The van der Waals surface area contributed by atoms with Crippen LogP contribution in [0.4, 0.5) is 18.9 Å². The Morgan fingerprint density at radius 2 is 1.83 bits per heavy atom. The molecule has 1 heterocycles.